The fraction of sp³-hybridized carbons (Fsp3) is 0.308. The number of para-hydroxylation sites is 1. The maximum absolute atomic E-state index is 11.5. The fourth-order valence-electron chi connectivity index (χ4n) is 1.17. The summed E-state index contributed by atoms with van der Waals surface area (Å²) in [4.78, 5) is 20.9. The zero-order valence-corrected chi connectivity index (χ0v) is 9.97. The third kappa shape index (κ3) is 4.18. The Balaban J connectivity index is 2.53. The molecule has 0 atom stereocenters. The second-order valence-electron chi connectivity index (χ2n) is 3.59. The molecule has 0 saturated heterocycles. The Morgan fingerprint density at radius 3 is 2.53 bits per heavy atom. The molecule has 1 N–H and O–H groups in total. The molecule has 0 saturated carbocycles. The van der Waals surface area contributed by atoms with Crippen LogP contribution in [0.4, 0.5) is 0 Å². The number of hydrogen-bond donors (Lipinski definition) is 1. The van der Waals surface area contributed by atoms with Crippen molar-refractivity contribution in [3.05, 3.63) is 41.7 Å². The monoisotopic (exact) mass is 236 g/mol. The molecule has 0 spiro atoms. The summed E-state index contributed by atoms with van der Waals surface area (Å²) in [6, 6.07) is 8.68. The summed E-state index contributed by atoms with van der Waals surface area (Å²) in [5.74, 6) is -0.211. The highest BCUT2D eigenvalue weighted by molar-refractivity contribution is 5.87. The molecule has 0 aliphatic carbocycles. The van der Waals surface area contributed by atoms with Gasteiger partial charge in [0.05, 0.1) is 5.57 Å². The van der Waals surface area contributed by atoms with E-state index in [2.05, 4.69) is 4.89 Å². The van der Waals surface area contributed by atoms with Gasteiger partial charge in [0.2, 0.25) is 0 Å². The largest absolute Gasteiger partial charge is 0.512 e. The van der Waals surface area contributed by atoms with E-state index >= 15 is 0 Å². The summed E-state index contributed by atoms with van der Waals surface area (Å²) in [5, 5.41) is 9.51. The van der Waals surface area contributed by atoms with Crippen LogP contribution in [0.25, 0.3) is 0 Å². The molecule has 4 nitrogen and oxygen atoms in total. The molecule has 0 aliphatic rings. The second-order valence-corrected chi connectivity index (χ2v) is 3.59. The van der Waals surface area contributed by atoms with Crippen molar-refractivity contribution in [3.63, 3.8) is 0 Å². The quantitative estimate of drug-likeness (QED) is 0.369. The van der Waals surface area contributed by atoms with E-state index in [0.717, 1.165) is 6.42 Å². The topological polar surface area (TPSA) is 55.8 Å². The van der Waals surface area contributed by atoms with Crippen molar-refractivity contribution < 1.29 is 19.7 Å². The zero-order valence-electron chi connectivity index (χ0n) is 9.97. The van der Waals surface area contributed by atoms with Crippen LogP contribution in [0.15, 0.2) is 41.7 Å². The lowest BCUT2D eigenvalue weighted by molar-refractivity contribution is -0.208. The van der Waals surface area contributed by atoms with E-state index in [0.29, 0.717) is 12.2 Å². The molecule has 1 aromatic carbocycles. The molecule has 17 heavy (non-hydrogen) atoms. The number of carbonyl (C=O) groups excluding carboxylic acids is 1. The van der Waals surface area contributed by atoms with Crippen LogP contribution < -0.4 is 4.89 Å². The van der Waals surface area contributed by atoms with Crippen molar-refractivity contribution in [3.8, 4) is 5.75 Å². The highest BCUT2D eigenvalue weighted by Gasteiger charge is 2.13. The van der Waals surface area contributed by atoms with Crippen molar-refractivity contribution in [2.45, 2.75) is 26.7 Å². The molecule has 1 aromatic rings. The number of aliphatic hydroxyl groups excluding tert-OH is 1. The summed E-state index contributed by atoms with van der Waals surface area (Å²) in [7, 11) is 0. The molecule has 0 fully saturated rings. The molecule has 1 rings (SSSR count). The zero-order chi connectivity index (χ0) is 12.7. The lowest BCUT2D eigenvalue weighted by atomic mass is 10.2. The molecule has 0 amide bonds. The molecule has 4 heteroatoms. The van der Waals surface area contributed by atoms with Gasteiger partial charge < -0.3 is 5.11 Å². The Morgan fingerprint density at radius 2 is 1.94 bits per heavy atom. The standard InChI is InChI=1S/C13H16O4/c1-3-7-12(14)10(2)13(15)17-16-11-8-5-4-6-9-11/h4-6,8-9,14H,3,7H2,1-2H3. The lowest BCUT2D eigenvalue weighted by Crippen LogP contribution is -2.11. The van der Waals surface area contributed by atoms with Gasteiger partial charge in [-0.05, 0) is 25.5 Å². The third-order valence-electron chi connectivity index (χ3n) is 2.18. The van der Waals surface area contributed by atoms with Gasteiger partial charge in [-0.25, -0.2) is 9.68 Å². The average Bonchev–Trinajstić information content (AvgIpc) is 2.36. The van der Waals surface area contributed by atoms with E-state index in [9.17, 15) is 9.90 Å². The highest BCUT2D eigenvalue weighted by Crippen LogP contribution is 2.12. The Kier molecular flexibility index (Phi) is 5.07. The summed E-state index contributed by atoms with van der Waals surface area (Å²) in [5.41, 5.74) is 0.169. The van der Waals surface area contributed by atoms with Crippen LogP contribution in [0.1, 0.15) is 26.7 Å². The summed E-state index contributed by atoms with van der Waals surface area (Å²) in [6.07, 6.45) is 1.21. The Labute approximate surface area is 100 Å². The normalized spacial score (nSPS) is 11.6. The SMILES string of the molecule is CCCC(O)=C(C)C(=O)OOc1ccccc1. The van der Waals surface area contributed by atoms with E-state index in [1.165, 1.54) is 6.92 Å². The first-order valence-electron chi connectivity index (χ1n) is 5.47. The molecular weight excluding hydrogens is 220 g/mol. The van der Waals surface area contributed by atoms with Gasteiger partial charge in [-0.15, -0.1) is 0 Å². The Bertz CT molecular complexity index is 395. The first kappa shape index (κ1) is 13.1. The maximum atomic E-state index is 11.5. The predicted molar refractivity (Wildman–Crippen MR) is 63.4 cm³/mol. The summed E-state index contributed by atoms with van der Waals surface area (Å²) >= 11 is 0. The molecule has 0 bridgehead atoms. The van der Waals surface area contributed by atoms with Gasteiger partial charge in [0, 0.05) is 6.42 Å². The van der Waals surface area contributed by atoms with Crippen LogP contribution in [-0.4, -0.2) is 11.1 Å². The smallest absolute Gasteiger partial charge is 0.385 e. The van der Waals surface area contributed by atoms with E-state index in [1.807, 2.05) is 13.0 Å². The maximum Gasteiger partial charge on any atom is 0.385 e. The number of hydrogen-bond acceptors (Lipinski definition) is 4. The number of benzene rings is 1. The van der Waals surface area contributed by atoms with Crippen molar-refractivity contribution in [1.29, 1.82) is 0 Å². The van der Waals surface area contributed by atoms with Crippen molar-refractivity contribution >= 4 is 5.97 Å². The van der Waals surface area contributed by atoms with E-state index < -0.39 is 5.97 Å². The molecule has 0 radical (unpaired) electrons. The Hall–Kier alpha value is -1.97. The molecule has 0 aliphatic heterocycles. The van der Waals surface area contributed by atoms with Gasteiger partial charge in [0.15, 0.2) is 5.75 Å². The van der Waals surface area contributed by atoms with Crippen molar-refractivity contribution in [2.24, 2.45) is 0 Å². The van der Waals surface area contributed by atoms with E-state index in [-0.39, 0.29) is 11.3 Å². The molecule has 92 valence electrons. The van der Waals surface area contributed by atoms with Gasteiger partial charge in [-0.2, -0.15) is 0 Å². The third-order valence-corrected chi connectivity index (χ3v) is 2.18. The number of carbonyl (C=O) groups is 1. The molecule has 0 heterocycles. The van der Waals surface area contributed by atoms with E-state index in [1.54, 1.807) is 24.3 Å². The second kappa shape index (κ2) is 6.58. The minimum atomic E-state index is -0.681. The number of allylic oxidation sites excluding steroid dienone is 1. The summed E-state index contributed by atoms with van der Waals surface area (Å²) in [6.45, 7) is 3.41. The van der Waals surface area contributed by atoms with Crippen LogP contribution >= 0.6 is 0 Å². The minimum Gasteiger partial charge on any atom is -0.512 e. The minimum absolute atomic E-state index is 0.0363. The number of rotatable bonds is 5. The van der Waals surface area contributed by atoms with Gasteiger partial charge in [0.25, 0.3) is 0 Å². The first-order chi connectivity index (χ1) is 8.15. The van der Waals surface area contributed by atoms with Crippen LogP contribution in [0.3, 0.4) is 0 Å². The van der Waals surface area contributed by atoms with Crippen molar-refractivity contribution in [1.82, 2.24) is 0 Å². The first-order valence-corrected chi connectivity index (χ1v) is 5.47. The molecular formula is C13H16O4. The van der Waals surface area contributed by atoms with Gasteiger partial charge >= 0.3 is 5.97 Å². The Morgan fingerprint density at radius 1 is 1.29 bits per heavy atom. The fourth-order valence-corrected chi connectivity index (χ4v) is 1.17. The van der Waals surface area contributed by atoms with Crippen LogP contribution in [0.2, 0.25) is 0 Å². The molecule has 0 unspecified atom stereocenters. The van der Waals surface area contributed by atoms with Crippen LogP contribution in [0.5, 0.6) is 5.75 Å². The van der Waals surface area contributed by atoms with Crippen LogP contribution in [-0.2, 0) is 9.68 Å². The lowest BCUT2D eigenvalue weighted by Gasteiger charge is -2.06. The summed E-state index contributed by atoms with van der Waals surface area (Å²) < 4.78 is 0. The van der Waals surface area contributed by atoms with Gasteiger partial charge in [0.1, 0.15) is 5.76 Å². The number of aliphatic hydroxyl groups is 1. The van der Waals surface area contributed by atoms with Gasteiger partial charge in [-0.3, -0.25) is 4.89 Å². The van der Waals surface area contributed by atoms with Gasteiger partial charge in [-0.1, -0.05) is 25.1 Å². The van der Waals surface area contributed by atoms with E-state index in [4.69, 9.17) is 4.89 Å². The van der Waals surface area contributed by atoms with Crippen LogP contribution in [0, 0.1) is 0 Å². The average molecular weight is 236 g/mol. The highest BCUT2D eigenvalue weighted by atomic mass is 17.2. The molecule has 0 aromatic heterocycles. The predicted octanol–water partition coefficient (Wildman–Crippen LogP) is 3.16. The van der Waals surface area contributed by atoms with Crippen molar-refractivity contribution in [2.75, 3.05) is 0 Å².